The quantitative estimate of drug-likeness (QED) is 0.730. The lowest BCUT2D eigenvalue weighted by molar-refractivity contribution is 0.465. The van der Waals surface area contributed by atoms with Crippen molar-refractivity contribution in [3.8, 4) is 12.3 Å². The van der Waals surface area contributed by atoms with Gasteiger partial charge in [-0.05, 0) is 20.8 Å². The van der Waals surface area contributed by atoms with Crippen molar-refractivity contribution in [3.05, 3.63) is 18.2 Å². The molecule has 0 fully saturated rings. The van der Waals surface area contributed by atoms with Gasteiger partial charge in [-0.2, -0.15) is 0 Å². The predicted octanol–water partition coefficient (Wildman–Crippen LogP) is 1.08. The highest BCUT2D eigenvalue weighted by atomic mass is 15.1. The highest BCUT2D eigenvalue weighted by Gasteiger charge is 2.16. The number of nitrogens with one attached hydrogen (secondary N) is 1. The number of terminal acetylenes is 1. The van der Waals surface area contributed by atoms with Gasteiger partial charge in [-0.3, -0.25) is 5.32 Å². The molecule has 0 radical (unpaired) electrons. The van der Waals surface area contributed by atoms with Gasteiger partial charge < -0.3 is 10.3 Å². The molecule has 0 amide bonds. The highest BCUT2D eigenvalue weighted by Crippen LogP contribution is 2.16. The molecule has 4 heteroatoms. The Morgan fingerprint density at radius 2 is 2.25 bits per heavy atom. The summed E-state index contributed by atoms with van der Waals surface area (Å²) in [5.41, 5.74) is 6.85. The summed E-state index contributed by atoms with van der Waals surface area (Å²) in [5, 5.41) is 3.29. The highest BCUT2D eigenvalue weighted by molar-refractivity contribution is 5.09. The maximum absolute atomic E-state index is 5.76. The Morgan fingerprint density at radius 3 is 2.75 bits per heavy atom. The molecule has 0 spiro atoms. The van der Waals surface area contributed by atoms with Gasteiger partial charge in [-0.1, -0.05) is 5.92 Å². The Balaban J connectivity index is 2.87. The number of imidazole rings is 1. The molecule has 0 bridgehead atoms. The van der Waals surface area contributed by atoms with E-state index in [0.717, 1.165) is 5.69 Å². The molecule has 0 aliphatic rings. The molecule has 2 atom stereocenters. The molecule has 3 N–H and O–H groups in total. The van der Waals surface area contributed by atoms with E-state index in [1.165, 1.54) is 0 Å². The van der Waals surface area contributed by atoms with E-state index in [4.69, 9.17) is 12.2 Å². The smallest absolute Gasteiger partial charge is 0.0951 e. The molecule has 0 aromatic carbocycles. The second kappa shape index (κ2) is 5.69. The largest absolute Gasteiger partial charge is 0.331 e. The number of hydrogen-bond acceptors (Lipinski definition) is 3. The van der Waals surface area contributed by atoms with E-state index in [0.29, 0.717) is 12.6 Å². The van der Waals surface area contributed by atoms with Gasteiger partial charge >= 0.3 is 0 Å². The van der Waals surface area contributed by atoms with Crippen molar-refractivity contribution in [1.29, 1.82) is 0 Å². The zero-order valence-electron chi connectivity index (χ0n) is 10.1. The molecule has 0 saturated carbocycles. The van der Waals surface area contributed by atoms with Crippen LogP contribution in [0.4, 0.5) is 0 Å². The third-order valence-corrected chi connectivity index (χ3v) is 2.55. The van der Waals surface area contributed by atoms with Gasteiger partial charge in [0.05, 0.1) is 24.1 Å². The molecule has 16 heavy (non-hydrogen) atoms. The van der Waals surface area contributed by atoms with Gasteiger partial charge in [0.1, 0.15) is 0 Å². The molecule has 0 aliphatic heterocycles. The van der Waals surface area contributed by atoms with Crippen LogP contribution >= 0.6 is 0 Å². The summed E-state index contributed by atoms with van der Waals surface area (Å²) < 4.78 is 2.10. The summed E-state index contributed by atoms with van der Waals surface area (Å²) in [6.07, 6.45) is 9.02. The topological polar surface area (TPSA) is 55.9 Å². The summed E-state index contributed by atoms with van der Waals surface area (Å²) in [6, 6.07) is 0.425. The first-order valence-electron chi connectivity index (χ1n) is 5.54. The molecular weight excluding hydrogens is 200 g/mol. The molecule has 0 aliphatic carbocycles. The fourth-order valence-electron chi connectivity index (χ4n) is 1.64. The first-order chi connectivity index (χ1) is 7.60. The van der Waals surface area contributed by atoms with Crippen molar-refractivity contribution < 1.29 is 0 Å². The van der Waals surface area contributed by atoms with Crippen molar-refractivity contribution in [3.63, 3.8) is 0 Å². The van der Waals surface area contributed by atoms with Gasteiger partial charge in [-0.25, -0.2) is 4.98 Å². The maximum atomic E-state index is 5.76. The monoisotopic (exact) mass is 220 g/mol. The van der Waals surface area contributed by atoms with Crippen LogP contribution in [0.1, 0.15) is 38.5 Å². The van der Waals surface area contributed by atoms with E-state index < -0.39 is 0 Å². The van der Waals surface area contributed by atoms with Gasteiger partial charge in [-0.15, -0.1) is 6.42 Å². The number of nitrogens with two attached hydrogens (primary N) is 1. The third-order valence-electron chi connectivity index (χ3n) is 2.55. The summed E-state index contributed by atoms with van der Waals surface area (Å²) >= 11 is 0. The normalized spacial score (nSPS) is 14.8. The van der Waals surface area contributed by atoms with Crippen LogP contribution in [-0.2, 0) is 0 Å². The fraction of sp³-hybridized carbons (Fsp3) is 0.583. The van der Waals surface area contributed by atoms with Crippen LogP contribution in [-0.4, -0.2) is 22.1 Å². The van der Waals surface area contributed by atoms with Crippen molar-refractivity contribution in [2.24, 2.45) is 5.73 Å². The average molecular weight is 220 g/mol. The predicted molar refractivity (Wildman–Crippen MR) is 65.8 cm³/mol. The van der Waals surface area contributed by atoms with E-state index in [1.54, 1.807) is 0 Å². The minimum Gasteiger partial charge on any atom is -0.331 e. The molecule has 88 valence electrons. The zero-order chi connectivity index (χ0) is 12.1. The van der Waals surface area contributed by atoms with Crippen LogP contribution in [0.25, 0.3) is 0 Å². The second-order valence-corrected chi connectivity index (χ2v) is 4.16. The van der Waals surface area contributed by atoms with Gasteiger partial charge in [0.2, 0.25) is 0 Å². The molecule has 1 aromatic rings. The molecule has 4 nitrogen and oxygen atoms in total. The second-order valence-electron chi connectivity index (χ2n) is 4.16. The number of aromatic nitrogens is 2. The fourth-order valence-corrected chi connectivity index (χ4v) is 1.64. The minimum absolute atomic E-state index is 0.00376. The van der Waals surface area contributed by atoms with Crippen LogP contribution in [0.15, 0.2) is 12.5 Å². The van der Waals surface area contributed by atoms with Crippen molar-refractivity contribution in [1.82, 2.24) is 14.9 Å². The summed E-state index contributed by atoms with van der Waals surface area (Å²) in [6.45, 7) is 6.68. The number of nitrogens with zero attached hydrogens (tertiary/aromatic N) is 2. The Morgan fingerprint density at radius 1 is 1.56 bits per heavy atom. The molecule has 0 saturated heterocycles. The Labute approximate surface area is 97.2 Å². The maximum Gasteiger partial charge on any atom is 0.0951 e. The lowest BCUT2D eigenvalue weighted by Gasteiger charge is -2.22. The summed E-state index contributed by atoms with van der Waals surface area (Å²) in [7, 11) is 0. The van der Waals surface area contributed by atoms with E-state index in [1.807, 2.05) is 19.4 Å². The SMILES string of the molecule is C#CC(C)NC(CN)c1cncn1C(C)C. The lowest BCUT2D eigenvalue weighted by Crippen LogP contribution is -2.35. The molecule has 1 rings (SSSR count). The number of rotatable bonds is 5. The van der Waals surface area contributed by atoms with Crippen molar-refractivity contribution in [2.45, 2.75) is 38.9 Å². The van der Waals surface area contributed by atoms with Gasteiger partial charge in [0.25, 0.3) is 0 Å². The van der Waals surface area contributed by atoms with Crippen LogP contribution < -0.4 is 11.1 Å². The lowest BCUT2D eigenvalue weighted by atomic mass is 10.1. The molecule has 2 unspecified atom stereocenters. The summed E-state index contributed by atoms with van der Waals surface area (Å²) in [4.78, 5) is 4.16. The van der Waals surface area contributed by atoms with Gasteiger partial charge in [0, 0.05) is 18.8 Å². The van der Waals surface area contributed by atoms with E-state index >= 15 is 0 Å². The third kappa shape index (κ3) is 2.84. The van der Waals surface area contributed by atoms with Gasteiger partial charge in [0.15, 0.2) is 0 Å². The first kappa shape index (κ1) is 12.8. The Bertz CT molecular complexity index is 361. The van der Waals surface area contributed by atoms with E-state index in [9.17, 15) is 0 Å². The summed E-state index contributed by atoms with van der Waals surface area (Å²) in [5.74, 6) is 2.64. The Kier molecular flexibility index (Phi) is 4.53. The van der Waals surface area contributed by atoms with Crippen molar-refractivity contribution >= 4 is 0 Å². The van der Waals surface area contributed by atoms with Crippen LogP contribution in [0.2, 0.25) is 0 Å². The zero-order valence-corrected chi connectivity index (χ0v) is 10.1. The van der Waals surface area contributed by atoms with Crippen LogP contribution in [0.3, 0.4) is 0 Å². The van der Waals surface area contributed by atoms with E-state index in [-0.39, 0.29) is 12.1 Å². The van der Waals surface area contributed by atoms with Crippen LogP contribution in [0.5, 0.6) is 0 Å². The molecule has 1 aromatic heterocycles. The molecular formula is C12H20N4. The first-order valence-corrected chi connectivity index (χ1v) is 5.54. The average Bonchev–Trinajstić information content (AvgIpc) is 2.74. The van der Waals surface area contributed by atoms with Crippen LogP contribution in [0, 0.1) is 12.3 Å². The van der Waals surface area contributed by atoms with Crippen molar-refractivity contribution in [2.75, 3.05) is 6.54 Å². The Hall–Kier alpha value is -1.31. The number of hydrogen-bond donors (Lipinski definition) is 2. The molecule has 1 heterocycles. The van der Waals surface area contributed by atoms with E-state index in [2.05, 4.69) is 34.6 Å². The minimum atomic E-state index is 0.00376. The standard InChI is InChI=1S/C12H20N4/c1-5-10(4)15-11(6-13)12-7-14-8-16(12)9(2)3/h1,7-11,15H,6,13H2,2-4H3.